The molecule has 2 aromatic rings. The van der Waals surface area contributed by atoms with Crippen LogP contribution in [0.3, 0.4) is 0 Å². The van der Waals surface area contributed by atoms with Gasteiger partial charge in [0.25, 0.3) is 0 Å². The van der Waals surface area contributed by atoms with E-state index in [-0.39, 0.29) is 17.4 Å². The smallest absolute Gasteiger partial charge is 0.427 e. The van der Waals surface area contributed by atoms with Crippen LogP contribution < -0.4 is 5.09 Å². The van der Waals surface area contributed by atoms with Crippen molar-refractivity contribution < 1.29 is 24.6 Å². The van der Waals surface area contributed by atoms with Crippen molar-refractivity contribution in [2.75, 3.05) is 5.09 Å². The molecule has 124 valence electrons. The van der Waals surface area contributed by atoms with Crippen molar-refractivity contribution in [3.05, 3.63) is 53.6 Å². The summed E-state index contributed by atoms with van der Waals surface area (Å²) in [5.74, 6) is 0.393. The number of anilines is 1. The zero-order valence-corrected chi connectivity index (χ0v) is 13.6. The van der Waals surface area contributed by atoms with Gasteiger partial charge in [-0.25, -0.2) is 4.57 Å². The Labute approximate surface area is 134 Å². The Morgan fingerprint density at radius 1 is 1.09 bits per heavy atom. The largest absolute Gasteiger partial charge is 0.508 e. The average Bonchev–Trinajstić information content (AvgIpc) is 2.46. The van der Waals surface area contributed by atoms with Crippen LogP contribution in [0.5, 0.6) is 11.5 Å². The molecular formula is C16H20NO5P. The molecule has 0 amide bonds. The number of nitrogens with one attached hydrogen (secondary N) is 1. The number of phenols is 2. The van der Waals surface area contributed by atoms with Crippen LogP contribution in [0.15, 0.2) is 42.5 Å². The van der Waals surface area contributed by atoms with E-state index in [1.165, 1.54) is 18.2 Å². The minimum atomic E-state index is -4.41. The van der Waals surface area contributed by atoms with Crippen LogP contribution in [-0.2, 0) is 11.0 Å². The molecule has 2 rings (SSSR count). The number of benzene rings is 2. The summed E-state index contributed by atoms with van der Waals surface area (Å²) in [7, 11) is -4.41. The van der Waals surface area contributed by atoms with Crippen LogP contribution in [0.2, 0.25) is 0 Å². The van der Waals surface area contributed by atoms with Gasteiger partial charge in [-0.15, -0.1) is 0 Å². The summed E-state index contributed by atoms with van der Waals surface area (Å²) >= 11 is 0. The highest BCUT2D eigenvalue weighted by atomic mass is 31.2. The summed E-state index contributed by atoms with van der Waals surface area (Å²) in [6, 6.07) is 11.3. The molecule has 1 atom stereocenters. The molecule has 0 aliphatic rings. The molecule has 0 spiro atoms. The third-order valence-corrected chi connectivity index (χ3v) is 4.17. The van der Waals surface area contributed by atoms with Crippen molar-refractivity contribution in [3.8, 4) is 11.5 Å². The van der Waals surface area contributed by atoms with E-state index in [4.69, 9.17) is 9.79 Å². The van der Waals surface area contributed by atoms with E-state index in [9.17, 15) is 14.8 Å². The predicted molar refractivity (Wildman–Crippen MR) is 88.6 cm³/mol. The highest BCUT2D eigenvalue weighted by molar-refractivity contribution is 7.53. The number of aryl methyl sites for hydroxylation is 1. The van der Waals surface area contributed by atoms with E-state index in [0.29, 0.717) is 24.1 Å². The standard InChI is InChI=1S/C16H20NO5P/c1-11(12-3-2-4-14(18)9-12)5-6-13-10-15(19)7-8-16(13)17-23(20,21)22/h2-4,7-11,18-19H,5-6H2,1H3,(H3,17,20,21,22). The number of aromatic hydroxyl groups is 2. The lowest BCUT2D eigenvalue weighted by Gasteiger charge is -2.16. The van der Waals surface area contributed by atoms with Crippen molar-refractivity contribution in [3.63, 3.8) is 0 Å². The lowest BCUT2D eigenvalue weighted by Crippen LogP contribution is -2.01. The maximum atomic E-state index is 11.1. The van der Waals surface area contributed by atoms with Crippen LogP contribution in [0, 0.1) is 0 Å². The van der Waals surface area contributed by atoms with E-state index >= 15 is 0 Å². The van der Waals surface area contributed by atoms with Crippen molar-refractivity contribution in [1.82, 2.24) is 0 Å². The summed E-state index contributed by atoms with van der Waals surface area (Å²) in [4.78, 5) is 18.1. The van der Waals surface area contributed by atoms with E-state index in [2.05, 4.69) is 5.09 Å². The van der Waals surface area contributed by atoms with Gasteiger partial charge < -0.3 is 20.0 Å². The van der Waals surface area contributed by atoms with E-state index in [0.717, 1.165) is 5.56 Å². The van der Waals surface area contributed by atoms with Crippen LogP contribution in [-0.4, -0.2) is 20.0 Å². The first-order chi connectivity index (χ1) is 10.7. The minimum absolute atomic E-state index is 0.0428. The van der Waals surface area contributed by atoms with Gasteiger partial charge in [-0.1, -0.05) is 19.1 Å². The number of phenolic OH excluding ortho intramolecular Hbond substituents is 2. The summed E-state index contributed by atoms with van der Waals surface area (Å²) in [5, 5.41) is 21.3. The van der Waals surface area contributed by atoms with E-state index in [1.807, 2.05) is 13.0 Å². The molecule has 0 saturated heterocycles. The second-order valence-electron chi connectivity index (χ2n) is 5.53. The second kappa shape index (κ2) is 7.04. The quantitative estimate of drug-likeness (QED) is 0.408. The molecule has 0 bridgehead atoms. The number of hydrogen-bond acceptors (Lipinski definition) is 3. The van der Waals surface area contributed by atoms with Gasteiger partial charge in [0.2, 0.25) is 0 Å². The molecule has 2 aromatic carbocycles. The number of rotatable bonds is 6. The lowest BCUT2D eigenvalue weighted by molar-refractivity contribution is 0.380. The highest BCUT2D eigenvalue weighted by Gasteiger charge is 2.16. The first-order valence-corrected chi connectivity index (χ1v) is 8.80. The zero-order chi connectivity index (χ0) is 17.0. The van der Waals surface area contributed by atoms with E-state index < -0.39 is 7.75 Å². The number of hydrogen-bond donors (Lipinski definition) is 5. The van der Waals surface area contributed by atoms with Crippen molar-refractivity contribution in [2.24, 2.45) is 0 Å². The summed E-state index contributed by atoms with van der Waals surface area (Å²) in [5.41, 5.74) is 1.91. The third kappa shape index (κ3) is 5.28. The normalized spacial score (nSPS) is 12.8. The Hall–Kier alpha value is -2.01. The van der Waals surface area contributed by atoms with Crippen LogP contribution in [0.4, 0.5) is 5.69 Å². The Kier molecular flexibility index (Phi) is 5.31. The van der Waals surface area contributed by atoms with Crippen molar-refractivity contribution >= 4 is 13.4 Å². The van der Waals surface area contributed by atoms with Gasteiger partial charge in [-0.3, -0.25) is 5.09 Å². The van der Waals surface area contributed by atoms with Gasteiger partial charge in [0, 0.05) is 5.69 Å². The third-order valence-electron chi connectivity index (χ3n) is 3.64. The van der Waals surface area contributed by atoms with Crippen LogP contribution >= 0.6 is 7.75 Å². The van der Waals surface area contributed by atoms with Crippen molar-refractivity contribution in [1.29, 1.82) is 0 Å². The Morgan fingerprint density at radius 3 is 2.43 bits per heavy atom. The van der Waals surface area contributed by atoms with Gasteiger partial charge in [0.1, 0.15) is 11.5 Å². The summed E-state index contributed by atoms with van der Waals surface area (Å²) < 4.78 is 11.1. The zero-order valence-electron chi connectivity index (χ0n) is 12.7. The summed E-state index contributed by atoms with van der Waals surface area (Å²) in [6.45, 7) is 2.01. The first kappa shape index (κ1) is 17.3. The highest BCUT2D eigenvalue weighted by Crippen LogP contribution is 2.38. The Bertz CT molecular complexity index is 728. The van der Waals surface area contributed by atoms with Gasteiger partial charge in [-0.05, 0) is 60.2 Å². The molecule has 0 fully saturated rings. The minimum Gasteiger partial charge on any atom is -0.508 e. The molecule has 0 aliphatic carbocycles. The fourth-order valence-corrected chi connectivity index (χ4v) is 2.95. The molecule has 0 aliphatic heterocycles. The maximum Gasteiger partial charge on any atom is 0.427 e. The molecule has 6 nitrogen and oxygen atoms in total. The maximum absolute atomic E-state index is 11.1. The molecular weight excluding hydrogens is 317 g/mol. The van der Waals surface area contributed by atoms with Crippen molar-refractivity contribution in [2.45, 2.75) is 25.7 Å². The molecule has 0 radical (unpaired) electrons. The summed E-state index contributed by atoms with van der Waals surface area (Å²) in [6.07, 6.45) is 1.22. The molecule has 7 heteroatoms. The van der Waals surface area contributed by atoms with E-state index in [1.54, 1.807) is 18.2 Å². The first-order valence-electron chi connectivity index (χ1n) is 7.19. The fourth-order valence-electron chi connectivity index (χ4n) is 2.42. The average molecular weight is 337 g/mol. The van der Waals surface area contributed by atoms with Gasteiger partial charge in [0.15, 0.2) is 0 Å². The van der Waals surface area contributed by atoms with Gasteiger partial charge in [0.05, 0.1) is 0 Å². The van der Waals surface area contributed by atoms with Gasteiger partial charge >= 0.3 is 7.75 Å². The monoisotopic (exact) mass is 337 g/mol. The molecule has 1 unspecified atom stereocenters. The molecule has 23 heavy (non-hydrogen) atoms. The van der Waals surface area contributed by atoms with Gasteiger partial charge in [-0.2, -0.15) is 0 Å². The molecule has 0 aromatic heterocycles. The second-order valence-corrected chi connectivity index (χ2v) is 6.84. The Morgan fingerprint density at radius 2 is 1.78 bits per heavy atom. The predicted octanol–water partition coefficient (Wildman–Crippen LogP) is 3.34. The molecule has 0 saturated carbocycles. The SMILES string of the molecule is CC(CCc1cc(O)ccc1NP(=O)(O)O)c1cccc(O)c1. The van der Waals surface area contributed by atoms with Crippen LogP contribution in [0.1, 0.15) is 30.4 Å². The molecule has 5 N–H and O–H groups in total. The topological polar surface area (TPSA) is 110 Å². The Balaban J connectivity index is 2.13. The van der Waals surface area contributed by atoms with Crippen LogP contribution in [0.25, 0.3) is 0 Å². The molecule has 0 heterocycles. The fraction of sp³-hybridized carbons (Fsp3) is 0.250. The lowest BCUT2D eigenvalue weighted by atomic mass is 9.93.